The zero-order valence-electron chi connectivity index (χ0n) is 18.1. The molecule has 8 heteroatoms. The maximum absolute atomic E-state index is 13.1. The topological polar surface area (TPSA) is 61.8 Å². The Hall–Kier alpha value is -2.58. The van der Waals surface area contributed by atoms with Crippen molar-refractivity contribution < 1.29 is 13.9 Å². The molecule has 0 saturated carbocycles. The summed E-state index contributed by atoms with van der Waals surface area (Å²) in [4.78, 5) is 27.7. The van der Waals surface area contributed by atoms with Gasteiger partial charge in [-0.3, -0.25) is 9.69 Å². The summed E-state index contributed by atoms with van der Waals surface area (Å²) in [6.45, 7) is 3.00. The molecule has 0 unspecified atom stereocenters. The van der Waals surface area contributed by atoms with Crippen LogP contribution >= 0.6 is 0 Å². The Morgan fingerprint density at radius 3 is 2.57 bits per heavy atom. The maximum atomic E-state index is 13.1. The average Bonchev–Trinajstić information content (AvgIpc) is 3.08. The first-order valence-corrected chi connectivity index (χ1v) is 10.1. The molecule has 0 bridgehead atoms. The van der Waals surface area contributed by atoms with Crippen molar-refractivity contribution in [2.75, 3.05) is 52.8 Å². The fraction of sp³-hybridized carbons (Fsp3) is 0.500. The van der Waals surface area contributed by atoms with Crippen LogP contribution in [-0.2, 0) is 22.6 Å². The Labute approximate surface area is 177 Å². The quantitative estimate of drug-likeness (QED) is 0.626. The van der Waals surface area contributed by atoms with E-state index in [2.05, 4.69) is 9.88 Å². The van der Waals surface area contributed by atoms with E-state index in [1.807, 2.05) is 37.0 Å². The van der Waals surface area contributed by atoms with E-state index < -0.39 is 0 Å². The van der Waals surface area contributed by atoms with Crippen molar-refractivity contribution in [1.29, 1.82) is 0 Å². The van der Waals surface area contributed by atoms with Crippen LogP contribution in [0.15, 0.2) is 30.3 Å². The van der Waals surface area contributed by atoms with E-state index in [-0.39, 0.29) is 17.6 Å². The van der Waals surface area contributed by atoms with Crippen LogP contribution in [0.4, 0.5) is 10.2 Å². The highest BCUT2D eigenvalue weighted by molar-refractivity contribution is 5.79. The zero-order chi connectivity index (χ0) is 21.7. The van der Waals surface area contributed by atoms with E-state index in [0.29, 0.717) is 45.0 Å². The van der Waals surface area contributed by atoms with Crippen molar-refractivity contribution in [3.8, 4) is 0 Å². The zero-order valence-corrected chi connectivity index (χ0v) is 18.1. The van der Waals surface area contributed by atoms with Crippen LogP contribution in [0.25, 0.3) is 0 Å². The van der Waals surface area contributed by atoms with Gasteiger partial charge in [-0.15, -0.1) is 0 Å². The van der Waals surface area contributed by atoms with Gasteiger partial charge < -0.3 is 14.5 Å². The molecular weight excluding hydrogens is 385 g/mol. The minimum atomic E-state index is -0.237. The van der Waals surface area contributed by atoms with Crippen molar-refractivity contribution in [1.82, 2.24) is 19.8 Å². The normalized spacial score (nSPS) is 16.5. The minimum absolute atomic E-state index is 0.0530. The van der Waals surface area contributed by atoms with E-state index in [9.17, 15) is 9.18 Å². The molecule has 1 amide bonds. The molecule has 162 valence electrons. The summed E-state index contributed by atoms with van der Waals surface area (Å²) in [6, 6.07) is 8.48. The Kier molecular flexibility index (Phi) is 7.33. The molecule has 1 aliphatic heterocycles. The van der Waals surface area contributed by atoms with E-state index in [4.69, 9.17) is 9.72 Å². The van der Waals surface area contributed by atoms with Crippen LogP contribution < -0.4 is 4.90 Å². The van der Waals surface area contributed by atoms with Crippen LogP contribution in [0, 0.1) is 5.82 Å². The lowest BCUT2D eigenvalue weighted by Gasteiger charge is -2.20. The lowest BCUT2D eigenvalue weighted by atomic mass is 10.0. The van der Waals surface area contributed by atoms with Gasteiger partial charge >= 0.3 is 0 Å². The third-order valence-corrected chi connectivity index (χ3v) is 5.21. The van der Waals surface area contributed by atoms with E-state index in [1.54, 1.807) is 19.2 Å². The smallest absolute Gasteiger partial charge is 0.223 e. The van der Waals surface area contributed by atoms with Gasteiger partial charge in [0, 0.05) is 59.2 Å². The first kappa shape index (κ1) is 22.1. The largest absolute Gasteiger partial charge is 0.383 e. The molecule has 0 N–H and O–H groups in total. The van der Waals surface area contributed by atoms with Gasteiger partial charge in [-0.1, -0.05) is 12.1 Å². The average molecular weight is 416 g/mol. The highest BCUT2D eigenvalue weighted by Crippen LogP contribution is 2.28. The van der Waals surface area contributed by atoms with Gasteiger partial charge in [-0.25, -0.2) is 14.4 Å². The summed E-state index contributed by atoms with van der Waals surface area (Å²) in [5.74, 6) is 1.49. The number of rotatable bonds is 9. The number of benzene rings is 1. The van der Waals surface area contributed by atoms with Gasteiger partial charge in [0.05, 0.1) is 18.8 Å². The second kappa shape index (κ2) is 9.95. The molecule has 1 saturated heterocycles. The van der Waals surface area contributed by atoms with Crippen molar-refractivity contribution in [3.05, 3.63) is 53.2 Å². The summed E-state index contributed by atoms with van der Waals surface area (Å²) in [7, 11) is 7.52. The monoisotopic (exact) mass is 415 g/mol. The summed E-state index contributed by atoms with van der Waals surface area (Å²) in [5.41, 5.74) is 1.92. The van der Waals surface area contributed by atoms with Gasteiger partial charge in [0.1, 0.15) is 17.5 Å². The SMILES string of the molecule is COCCN1C[C@@H](c2cc(N(C)C)nc(CN(C)Cc3ccc(F)cc3)n2)CC1=O. The van der Waals surface area contributed by atoms with Gasteiger partial charge in [-0.05, 0) is 24.7 Å². The third-order valence-electron chi connectivity index (χ3n) is 5.21. The molecular formula is C22H30FN5O2. The summed E-state index contributed by atoms with van der Waals surface area (Å²) in [6.07, 6.45) is 0.457. The number of hydrogen-bond acceptors (Lipinski definition) is 6. The molecule has 0 aliphatic carbocycles. The number of halogens is 1. The highest BCUT2D eigenvalue weighted by Gasteiger charge is 2.32. The van der Waals surface area contributed by atoms with Gasteiger partial charge in [0.2, 0.25) is 5.91 Å². The Morgan fingerprint density at radius 1 is 1.17 bits per heavy atom. The lowest BCUT2D eigenvalue weighted by molar-refractivity contribution is -0.128. The lowest BCUT2D eigenvalue weighted by Crippen LogP contribution is -2.28. The second-order valence-electron chi connectivity index (χ2n) is 7.99. The molecule has 1 aliphatic rings. The van der Waals surface area contributed by atoms with Crippen molar-refractivity contribution >= 4 is 11.7 Å². The van der Waals surface area contributed by atoms with Gasteiger partial charge in [-0.2, -0.15) is 0 Å². The summed E-state index contributed by atoms with van der Waals surface area (Å²) < 4.78 is 18.2. The number of ether oxygens (including phenoxy) is 1. The Bertz CT molecular complexity index is 859. The number of carbonyl (C=O) groups excluding carboxylic acids is 1. The Balaban J connectivity index is 1.74. The number of amides is 1. The molecule has 1 aromatic heterocycles. The molecule has 0 spiro atoms. The highest BCUT2D eigenvalue weighted by atomic mass is 19.1. The molecule has 1 aromatic carbocycles. The minimum Gasteiger partial charge on any atom is -0.383 e. The number of hydrogen-bond donors (Lipinski definition) is 0. The maximum Gasteiger partial charge on any atom is 0.223 e. The van der Waals surface area contributed by atoms with Gasteiger partial charge in [0.25, 0.3) is 0 Å². The fourth-order valence-electron chi connectivity index (χ4n) is 3.60. The molecule has 1 atom stereocenters. The predicted molar refractivity (Wildman–Crippen MR) is 114 cm³/mol. The van der Waals surface area contributed by atoms with Crippen LogP contribution in [0.3, 0.4) is 0 Å². The predicted octanol–water partition coefficient (Wildman–Crippen LogP) is 2.28. The first-order valence-electron chi connectivity index (χ1n) is 10.1. The Morgan fingerprint density at radius 2 is 1.90 bits per heavy atom. The van der Waals surface area contributed by atoms with E-state index >= 15 is 0 Å². The molecule has 30 heavy (non-hydrogen) atoms. The van der Waals surface area contributed by atoms with Gasteiger partial charge in [0.15, 0.2) is 0 Å². The van der Waals surface area contributed by atoms with E-state index in [0.717, 1.165) is 17.1 Å². The number of nitrogens with zero attached hydrogens (tertiary/aromatic N) is 5. The second-order valence-corrected chi connectivity index (χ2v) is 7.99. The molecule has 2 heterocycles. The van der Waals surface area contributed by atoms with E-state index in [1.165, 1.54) is 12.1 Å². The van der Waals surface area contributed by atoms with Crippen LogP contribution in [0.5, 0.6) is 0 Å². The fourth-order valence-corrected chi connectivity index (χ4v) is 3.60. The molecule has 1 fully saturated rings. The van der Waals surface area contributed by atoms with Crippen molar-refractivity contribution in [2.24, 2.45) is 0 Å². The summed E-state index contributed by atoms with van der Waals surface area (Å²) >= 11 is 0. The number of methoxy groups -OCH3 is 1. The number of likely N-dealkylation sites (tertiary alicyclic amines) is 1. The third kappa shape index (κ3) is 5.73. The standard InChI is InChI=1S/C22H30FN5O2/c1-26(2)21-12-19(17-11-22(29)28(14-17)9-10-30-4)24-20(25-21)15-27(3)13-16-5-7-18(23)8-6-16/h5-8,12,17H,9-11,13-15H2,1-4H3/t17-/m0/s1. The first-order chi connectivity index (χ1) is 14.4. The molecule has 3 rings (SSSR count). The van der Waals surface area contributed by atoms with Crippen LogP contribution in [0.1, 0.15) is 29.4 Å². The van der Waals surface area contributed by atoms with Crippen LogP contribution in [0.2, 0.25) is 0 Å². The van der Waals surface area contributed by atoms with Crippen molar-refractivity contribution in [2.45, 2.75) is 25.4 Å². The molecule has 2 aromatic rings. The summed E-state index contributed by atoms with van der Waals surface area (Å²) in [5, 5.41) is 0. The van der Waals surface area contributed by atoms with Crippen LogP contribution in [-0.4, -0.2) is 73.6 Å². The number of carbonyl (C=O) groups is 1. The molecule has 7 nitrogen and oxygen atoms in total. The van der Waals surface area contributed by atoms with Crippen molar-refractivity contribution in [3.63, 3.8) is 0 Å². The number of anilines is 1. The number of aromatic nitrogens is 2. The molecule has 0 radical (unpaired) electrons.